The van der Waals surface area contributed by atoms with E-state index in [1.54, 1.807) is 7.11 Å². The number of carbonyl (C=O) groups is 1. The van der Waals surface area contributed by atoms with Gasteiger partial charge in [0.1, 0.15) is 5.75 Å². The topological polar surface area (TPSA) is 41.6 Å². The molecule has 1 aliphatic heterocycles. The fourth-order valence-corrected chi connectivity index (χ4v) is 2.33. The Morgan fingerprint density at radius 2 is 2.05 bits per heavy atom. The normalized spacial score (nSPS) is 16.2. The number of hydrogen-bond acceptors (Lipinski definition) is 3. The number of benzene rings is 1. The lowest BCUT2D eigenvalue weighted by Gasteiger charge is -2.30. The largest absolute Gasteiger partial charge is 0.495 e. The van der Waals surface area contributed by atoms with E-state index in [9.17, 15) is 4.79 Å². The highest BCUT2D eigenvalue weighted by Gasteiger charge is 2.19. The van der Waals surface area contributed by atoms with Gasteiger partial charge in [0.2, 0.25) is 5.91 Å². The summed E-state index contributed by atoms with van der Waals surface area (Å²) in [7, 11) is 1.63. The Morgan fingerprint density at radius 3 is 2.74 bits per heavy atom. The van der Waals surface area contributed by atoms with E-state index in [4.69, 9.17) is 4.74 Å². The summed E-state index contributed by atoms with van der Waals surface area (Å²) in [6.07, 6.45) is 2.22. The summed E-state index contributed by atoms with van der Waals surface area (Å²) in [5.41, 5.74) is 0.865. The van der Waals surface area contributed by atoms with Gasteiger partial charge in [0.25, 0.3) is 0 Å². The number of nitrogens with one attached hydrogen (secondary N) is 1. The third-order valence-corrected chi connectivity index (χ3v) is 3.67. The summed E-state index contributed by atoms with van der Waals surface area (Å²) in [5, 5.41) is 3.16. The summed E-state index contributed by atoms with van der Waals surface area (Å²) in [6, 6.07) is 7.65. The van der Waals surface area contributed by atoms with Gasteiger partial charge in [-0.2, -0.15) is 0 Å². The van der Waals surface area contributed by atoms with Crippen LogP contribution >= 0.6 is 0 Å². The van der Waals surface area contributed by atoms with Gasteiger partial charge in [-0.1, -0.05) is 19.1 Å². The molecule has 1 saturated heterocycles. The molecule has 0 unspecified atom stereocenters. The lowest BCUT2D eigenvalue weighted by Crippen LogP contribution is -2.40. The summed E-state index contributed by atoms with van der Waals surface area (Å²) in [4.78, 5) is 14.0. The number of amides is 1. The summed E-state index contributed by atoms with van der Waals surface area (Å²) < 4.78 is 5.25. The second-order valence-corrected chi connectivity index (χ2v) is 5.12. The Morgan fingerprint density at radius 1 is 1.37 bits per heavy atom. The van der Waals surface area contributed by atoms with Crippen molar-refractivity contribution in [3.63, 3.8) is 0 Å². The summed E-state index contributed by atoms with van der Waals surface area (Å²) in [6.45, 7) is 4.34. The van der Waals surface area contributed by atoms with E-state index < -0.39 is 0 Å². The number of rotatable bonds is 4. The van der Waals surface area contributed by atoms with Crippen LogP contribution in [0, 0.1) is 5.92 Å². The SMILES string of the molecule is COc1ccccc1NCC(=O)N1CCC(C)CC1. The summed E-state index contributed by atoms with van der Waals surface area (Å²) in [5.74, 6) is 1.67. The molecule has 1 aromatic carbocycles. The predicted octanol–water partition coefficient (Wildman–Crippen LogP) is 2.37. The highest BCUT2D eigenvalue weighted by molar-refractivity contribution is 5.81. The average Bonchev–Trinajstić information content (AvgIpc) is 2.45. The molecular weight excluding hydrogens is 240 g/mol. The quantitative estimate of drug-likeness (QED) is 0.905. The van der Waals surface area contributed by atoms with Crippen molar-refractivity contribution < 1.29 is 9.53 Å². The van der Waals surface area contributed by atoms with E-state index >= 15 is 0 Å². The monoisotopic (exact) mass is 262 g/mol. The van der Waals surface area contributed by atoms with Crippen LogP contribution in [0.1, 0.15) is 19.8 Å². The number of hydrogen-bond donors (Lipinski definition) is 1. The molecule has 0 atom stereocenters. The molecule has 4 heteroatoms. The van der Waals surface area contributed by atoms with Crippen molar-refractivity contribution in [3.05, 3.63) is 24.3 Å². The van der Waals surface area contributed by atoms with Gasteiger partial charge in [0.15, 0.2) is 0 Å². The lowest BCUT2D eigenvalue weighted by atomic mass is 9.99. The van der Waals surface area contributed by atoms with Crippen molar-refractivity contribution in [3.8, 4) is 5.75 Å². The van der Waals surface area contributed by atoms with Crippen molar-refractivity contribution in [2.75, 3.05) is 32.1 Å². The van der Waals surface area contributed by atoms with Gasteiger partial charge in [0.05, 0.1) is 19.3 Å². The number of methoxy groups -OCH3 is 1. The molecule has 4 nitrogen and oxygen atoms in total. The molecule has 1 N–H and O–H groups in total. The van der Waals surface area contributed by atoms with Crippen LogP contribution < -0.4 is 10.1 Å². The second kappa shape index (κ2) is 6.45. The number of nitrogens with zero attached hydrogens (tertiary/aromatic N) is 1. The zero-order valence-corrected chi connectivity index (χ0v) is 11.7. The van der Waals surface area contributed by atoms with Gasteiger partial charge >= 0.3 is 0 Å². The van der Waals surface area contributed by atoms with Gasteiger partial charge in [-0.3, -0.25) is 4.79 Å². The number of para-hydroxylation sites is 2. The smallest absolute Gasteiger partial charge is 0.241 e. The van der Waals surface area contributed by atoms with Crippen molar-refractivity contribution in [1.29, 1.82) is 0 Å². The van der Waals surface area contributed by atoms with Crippen molar-refractivity contribution in [2.45, 2.75) is 19.8 Å². The number of carbonyl (C=O) groups excluding carboxylic acids is 1. The van der Waals surface area contributed by atoms with Gasteiger partial charge < -0.3 is 15.0 Å². The molecule has 1 heterocycles. The number of likely N-dealkylation sites (tertiary alicyclic amines) is 1. The molecule has 1 amide bonds. The maximum absolute atomic E-state index is 12.1. The molecule has 0 spiro atoms. The molecule has 0 aromatic heterocycles. The van der Waals surface area contributed by atoms with Gasteiger partial charge in [-0.15, -0.1) is 0 Å². The Labute approximate surface area is 114 Å². The first-order valence-corrected chi connectivity index (χ1v) is 6.85. The molecule has 2 rings (SSSR count). The van der Waals surface area contributed by atoms with Crippen molar-refractivity contribution in [1.82, 2.24) is 4.90 Å². The Kier molecular flexibility index (Phi) is 4.66. The van der Waals surface area contributed by atoms with Crippen molar-refractivity contribution in [2.24, 2.45) is 5.92 Å². The molecular formula is C15H22N2O2. The molecule has 0 aliphatic carbocycles. The van der Waals surface area contributed by atoms with Crippen LogP contribution in [-0.2, 0) is 4.79 Å². The van der Waals surface area contributed by atoms with Crippen LogP contribution in [0.15, 0.2) is 24.3 Å². The Balaban J connectivity index is 1.86. The molecule has 1 aromatic rings. The Hall–Kier alpha value is -1.71. The second-order valence-electron chi connectivity index (χ2n) is 5.12. The first-order chi connectivity index (χ1) is 9.20. The first kappa shape index (κ1) is 13.7. The zero-order valence-electron chi connectivity index (χ0n) is 11.7. The van der Waals surface area contributed by atoms with Gasteiger partial charge in [-0.05, 0) is 30.9 Å². The van der Waals surface area contributed by atoms with E-state index in [2.05, 4.69) is 12.2 Å². The average molecular weight is 262 g/mol. The minimum Gasteiger partial charge on any atom is -0.495 e. The predicted molar refractivity (Wildman–Crippen MR) is 76.5 cm³/mol. The highest BCUT2D eigenvalue weighted by Crippen LogP contribution is 2.23. The third kappa shape index (κ3) is 3.63. The van der Waals surface area contributed by atoms with Crippen LogP contribution in [0.4, 0.5) is 5.69 Å². The van der Waals surface area contributed by atoms with E-state index in [1.807, 2.05) is 29.2 Å². The zero-order chi connectivity index (χ0) is 13.7. The van der Waals surface area contributed by atoms with E-state index in [-0.39, 0.29) is 5.91 Å². The molecule has 0 radical (unpaired) electrons. The fraction of sp³-hybridized carbons (Fsp3) is 0.533. The van der Waals surface area contributed by atoms with Crippen LogP contribution in [0.5, 0.6) is 5.75 Å². The van der Waals surface area contributed by atoms with Gasteiger partial charge in [0, 0.05) is 13.1 Å². The summed E-state index contributed by atoms with van der Waals surface area (Å²) >= 11 is 0. The molecule has 19 heavy (non-hydrogen) atoms. The van der Waals surface area contributed by atoms with Gasteiger partial charge in [-0.25, -0.2) is 0 Å². The van der Waals surface area contributed by atoms with E-state index in [0.717, 1.165) is 43.3 Å². The van der Waals surface area contributed by atoms with Crippen LogP contribution in [0.2, 0.25) is 0 Å². The maximum atomic E-state index is 12.1. The molecule has 0 bridgehead atoms. The van der Waals surface area contributed by atoms with Crippen molar-refractivity contribution >= 4 is 11.6 Å². The molecule has 104 valence electrons. The first-order valence-electron chi connectivity index (χ1n) is 6.85. The highest BCUT2D eigenvalue weighted by atomic mass is 16.5. The maximum Gasteiger partial charge on any atom is 0.241 e. The van der Waals surface area contributed by atoms with E-state index in [0.29, 0.717) is 6.54 Å². The number of piperidine rings is 1. The van der Waals surface area contributed by atoms with Crippen LogP contribution in [0.25, 0.3) is 0 Å². The standard InChI is InChI=1S/C15H22N2O2/c1-12-7-9-17(10-8-12)15(18)11-16-13-5-3-4-6-14(13)19-2/h3-6,12,16H,7-11H2,1-2H3. The number of anilines is 1. The fourth-order valence-electron chi connectivity index (χ4n) is 2.33. The minimum atomic E-state index is 0.165. The third-order valence-electron chi connectivity index (χ3n) is 3.67. The molecule has 1 aliphatic rings. The van der Waals surface area contributed by atoms with Crippen LogP contribution in [-0.4, -0.2) is 37.6 Å². The molecule has 0 saturated carbocycles. The molecule has 1 fully saturated rings. The Bertz CT molecular complexity index is 426. The number of ether oxygens (including phenoxy) is 1. The minimum absolute atomic E-state index is 0.165. The lowest BCUT2D eigenvalue weighted by molar-refractivity contribution is -0.130. The van der Waals surface area contributed by atoms with Crippen LogP contribution in [0.3, 0.4) is 0 Å². The van der Waals surface area contributed by atoms with E-state index in [1.165, 1.54) is 0 Å².